The summed E-state index contributed by atoms with van der Waals surface area (Å²) in [6, 6.07) is 18.3. The summed E-state index contributed by atoms with van der Waals surface area (Å²) in [5.74, 6) is -1.19. The van der Waals surface area contributed by atoms with E-state index in [0.29, 0.717) is 13.1 Å². The zero-order chi connectivity index (χ0) is 19.4. The van der Waals surface area contributed by atoms with Crippen LogP contribution in [0.2, 0.25) is 0 Å². The number of hydrogen-bond donors (Lipinski definition) is 1. The maximum absolute atomic E-state index is 11.2. The summed E-state index contributed by atoms with van der Waals surface area (Å²) >= 11 is 0. The molecule has 1 aromatic heterocycles. The number of aryl methyl sites for hydroxylation is 1. The number of nitrogens with zero attached hydrogens (tertiary/aromatic N) is 3. The molecule has 3 aromatic rings. The number of para-hydroxylation sites is 1. The van der Waals surface area contributed by atoms with Crippen LogP contribution in [0.25, 0.3) is 16.9 Å². The molecule has 0 aliphatic carbocycles. The molecule has 5 nitrogen and oxygen atoms in total. The van der Waals surface area contributed by atoms with Gasteiger partial charge in [0.2, 0.25) is 0 Å². The molecule has 5 heteroatoms. The second-order valence-corrected chi connectivity index (χ2v) is 7.09. The molecule has 2 aromatic carbocycles. The number of aliphatic carboxylic acids is 1. The Morgan fingerprint density at radius 3 is 2.44 bits per heavy atom. The molecule has 0 amide bonds. The Hall–Kier alpha value is -2.92. The molecule has 0 fully saturated rings. The molecule has 0 saturated carbocycles. The molecule has 0 spiro atoms. The minimum Gasteiger partial charge on any atom is -0.481 e. The van der Waals surface area contributed by atoms with Crippen LogP contribution in [0.5, 0.6) is 0 Å². The number of carboxylic acid groups (broad SMARTS) is 1. The molecular formula is C22H25N3O2. The van der Waals surface area contributed by atoms with Gasteiger partial charge >= 0.3 is 5.97 Å². The first-order valence-electron chi connectivity index (χ1n) is 9.06. The van der Waals surface area contributed by atoms with Crippen molar-refractivity contribution in [2.45, 2.75) is 20.4 Å². The molecule has 0 aliphatic rings. The highest BCUT2D eigenvalue weighted by Gasteiger charge is 2.17. The lowest BCUT2D eigenvalue weighted by atomic mass is 10.1. The predicted molar refractivity (Wildman–Crippen MR) is 107 cm³/mol. The van der Waals surface area contributed by atoms with E-state index in [-0.39, 0.29) is 0 Å². The van der Waals surface area contributed by atoms with Gasteiger partial charge in [0.15, 0.2) is 0 Å². The molecule has 1 heterocycles. The fourth-order valence-electron chi connectivity index (χ4n) is 3.09. The van der Waals surface area contributed by atoms with Crippen LogP contribution in [0.1, 0.15) is 18.1 Å². The average Bonchev–Trinajstić information content (AvgIpc) is 3.06. The van der Waals surface area contributed by atoms with Gasteiger partial charge in [-0.3, -0.25) is 4.79 Å². The van der Waals surface area contributed by atoms with Crippen molar-refractivity contribution in [2.24, 2.45) is 5.92 Å². The van der Waals surface area contributed by atoms with Gasteiger partial charge in [0.25, 0.3) is 0 Å². The van der Waals surface area contributed by atoms with Gasteiger partial charge in [-0.1, -0.05) is 55.0 Å². The maximum atomic E-state index is 11.2. The van der Waals surface area contributed by atoms with E-state index in [4.69, 9.17) is 10.2 Å². The van der Waals surface area contributed by atoms with Gasteiger partial charge in [-0.2, -0.15) is 5.10 Å². The Labute approximate surface area is 159 Å². The minimum absolute atomic E-state index is 0.415. The number of hydrogen-bond acceptors (Lipinski definition) is 3. The van der Waals surface area contributed by atoms with Crippen LogP contribution in [0.3, 0.4) is 0 Å². The van der Waals surface area contributed by atoms with E-state index < -0.39 is 11.9 Å². The van der Waals surface area contributed by atoms with Gasteiger partial charge in [0.1, 0.15) is 0 Å². The van der Waals surface area contributed by atoms with Crippen LogP contribution in [0, 0.1) is 12.8 Å². The topological polar surface area (TPSA) is 58.4 Å². The smallest absolute Gasteiger partial charge is 0.307 e. The summed E-state index contributed by atoms with van der Waals surface area (Å²) in [6.07, 6.45) is 2.03. The van der Waals surface area contributed by atoms with Crippen molar-refractivity contribution in [3.8, 4) is 16.9 Å². The highest BCUT2D eigenvalue weighted by Crippen LogP contribution is 2.25. The normalized spacial score (nSPS) is 12.3. The molecule has 1 N–H and O–H groups in total. The largest absolute Gasteiger partial charge is 0.481 e. The first kappa shape index (κ1) is 18.9. The Kier molecular flexibility index (Phi) is 5.72. The van der Waals surface area contributed by atoms with Crippen molar-refractivity contribution in [3.05, 3.63) is 71.9 Å². The Bertz CT molecular complexity index is 901. The predicted octanol–water partition coefficient (Wildman–Crippen LogP) is 4.00. The van der Waals surface area contributed by atoms with E-state index >= 15 is 0 Å². The first-order chi connectivity index (χ1) is 12.9. The van der Waals surface area contributed by atoms with Crippen LogP contribution in [-0.2, 0) is 11.3 Å². The van der Waals surface area contributed by atoms with Gasteiger partial charge in [0.05, 0.1) is 17.3 Å². The van der Waals surface area contributed by atoms with Crippen molar-refractivity contribution in [1.82, 2.24) is 14.7 Å². The van der Waals surface area contributed by atoms with Crippen LogP contribution < -0.4 is 0 Å². The van der Waals surface area contributed by atoms with Crippen molar-refractivity contribution >= 4 is 5.97 Å². The standard InChI is InChI=1S/C22H25N3O2/c1-16-9-11-18(12-10-16)21-19(14-24(3)13-17(2)22(26)27)15-25(23-21)20-7-5-4-6-8-20/h4-12,15,17H,13-14H2,1-3H3,(H,26,27). The van der Waals surface area contributed by atoms with Gasteiger partial charge in [0, 0.05) is 30.4 Å². The maximum Gasteiger partial charge on any atom is 0.307 e. The zero-order valence-corrected chi connectivity index (χ0v) is 16.0. The SMILES string of the molecule is Cc1ccc(-c2nn(-c3ccccc3)cc2CN(C)CC(C)C(=O)O)cc1. The third-order valence-electron chi connectivity index (χ3n) is 4.58. The third kappa shape index (κ3) is 4.63. The van der Waals surface area contributed by atoms with E-state index in [9.17, 15) is 4.79 Å². The molecule has 0 aliphatic heterocycles. The van der Waals surface area contributed by atoms with Gasteiger partial charge in [-0.15, -0.1) is 0 Å². The number of benzene rings is 2. The summed E-state index contributed by atoms with van der Waals surface area (Å²) < 4.78 is 1.89. The van der Waals surface area contributed by atoms with Crippen LogP contribution in [0.15, 0.2) is 60.8 Å². The fourth-order valence-corrected chi connectivity index (χ4v) is 3.09. The molecule has 27 heavy (non-hydrogen) atoms. The van der Waals surface area contributed by atoms with E-state index in [2.05, 4.69) is 31.2 Å². The first-order valence-corrected chi connectivity index (χ1v) is 9.06. The Balaban J connectivity index is 1.94. The zero-order valence-electron chi connectivity index (χ0n) is 16.0. The molecule has 1 atom stereocenters. The van der Waals surface area contributed by atoms with Crippen LogP contribution in [-0.4, -0.2) is 39.3 Å². The summed E-state index contributed by atoms with van der Waals surface area (Å²) in [4.78, 5) is 13.2. The second kappa shape index (κ2) is 8.18. The number of carboxylic acids is 1. The van der Waals surface area contributed by atoms with E-state index in [1.54, 1.807) is 6.92 Å². The van der Waals surface area contributed by atoms with Crippen molar-refractivity contribution in [3.63, 3.8) is 0 Å². The summed E-state index contributed by atoms with van der Waals surface area (Å²) in [7, 11) is 1.94. The van der Waals surface area contributed by atoms with Crippen molar-refractivity contribution in [1.29, 1.82) is 0 Å². The van der Waals surface area contributed by atoms with Gasteiger partial charge in [-0.05, 0) is 26.1 Å². The highest BCUT2D eigenvalue weighted by molar-refractivity contribution is 5.69. The highest BCUT2D eigenvalue weighted by atomic mass is 16.4. The van der Waals surface area contributed by atoms with Crippen LogP contribution >= 0.6 is 0 Å². The fraction of sp³-hybridized carbons (Fsp3) is 0.273. The molecule has 0 radical (unpaired) electrons. The number of rotatable bonds is 7. The summed E-state index contributed by atoms with van der Waals surface area (Å²) in [5, 5.41) is 14.0. The number of aromatic nitrogens is 2. The lowest BCUT2D eigenvalue weighted by molar-refractivity contribution is -0.141. The van der Waals surface area contributed by atoms with E-state index in [0.717, 1.165) is 22.5 Å². The lowest BCUT2D eigenvalue weighted by Gasteiger charge is -2.18. The van der Waals surface area contributed by atoms with E-state index in [1.807, 2.05) is 53.2 Å². The Morgan fingerprint density at radius 1 is 1.15 bits per heavy atom. The summed E-state index contributed by atoms with van der Waals surface area (Å²) in [6.45, 7) is 4.91. The van der Waals surface area contributed by atoms with Crippen LogP contribution in [0.4, 0.5) is 0 Å². The molecule has 1 unspecified atom stereocenters. The second-order valence-electron chi connectivity index (χ2n) is 7.09. The van der Waals surface area contributed by atoms with E-state index in [1.165, 1.54) is 5.56 Å². The molecule has 0 bridgehead atoms. The average molecular weight is 363 g/mol. The third-order valence-corrected chi connectivity index (χ3v) is 4.58. The summed E-state index contributed by atoms with van der Waals surface area (Å²) in [5.41, 5.74) is 5.26. The Morgan fingerprint density at radius 2 is 1.81 bits per heavy atom. The van der Waals surface area contributed by atoms with Crippen molar-refractivity contribution in [2.75, 3.05) is 13.6 Å². The lowest BCUT2D eigenvalue weighted by Crippen LogP contribution is -2.28. The van der Waals surface area contributed by atoms with Gasteiger partial charge < -0.3 is 10.0 Å². The molecular weight excluding hydrogens is 338 g/mol. The quantitative estimate of drug-likeness (QED) is 0.689. The van der Waals surface area contributed by atoms with Crippen molar-refractivity contribution < 1.29 is 9.90 Å². The molecule has 3 rings (SSSR count). The molecule has 140 valence electrons. The molecule has 0 saturated heterocycles. The minimum atomic E-state index is -0.777. The van der Waals surface area contributed by atoms with Gasteiger partial charge in [-0.25, -0.2) is 4.68 Å². The number of carbonyl (C=O) groups is 1. The monoisotopic (exact) mass is 363 g/mol.